The summed E-state index contributed by atoms with van der Waals surface area (Å²) in [5.74, 6) is -0.278. The molecule has 2 heterocycles. The number of likely N-dealkylation sites (tertiary alicyclic amines) is 1. The van der Waals surface area contributed by atoms with E-state index in [0.717, 1.165) is 34.6 Å². The van der Waals surface area contributed by atoms with Gasteiger partial charge in [0.2, 0.25) is 5.91 Å². The number of imide groups is 1. The van der Waals surface area contributed by atoms with Crippen LogP contribution in [0.3, 0.4) is 0 Å². The molecule has 0 saturated carbocycles. The molecule has 2 N–H and O–H groups in total. The van der Waals surface area contributed by atoms with Crippen LogP contribution in [0.4, 0.5) is 4.79 Å². The van der Waals surface area contributed by atoms with Crippen molar-refractivity contribution in [3.63, 3.8) is 0 Å². The highest BCUT2D eigenvalue weighted by Gasteiger charge is 2.35. The minimum atomic E-state index is -0.454. The van der Waals surface area contributed by atoms with Gasteiger partial charge in [0.05, 0.1) is 22.3 Å². The van der Waals surface area contributed by atoms with E-state index in [0.29, 0.717) is 0 Å². The van der Waals surface area contributed by atoms with Crippen LogP contribution in [0.1, 0.15) is 51.6 Å². The van der Waals surface area contributed by atoms with Crippen molar-refractivity contribution in [3.05, 3.63) is 29.3 Å². The number of nitrogens with one attached hydrogen (secondary N) is 2. The quantitative estimate of drug-likeness (QED) is 0.863. The molecule has 2 aromatic rings. The second-order valence-corrected chi connectivity index (χ2v) is 8.85. The zero-order valence-corrected chi connectivity index (χ0v) is 16.5. The van der Waals surface area contributed by atoms with E-state index >= 15 is 0 Å². The number of urea groups is 1. The highest BCUT2D eigenvalue weighted by Crippen LogP contribution is 2.37. The molecule has 3 rings (SSSR count). The summed E-state index contributed by atoms with van der Waals surface area (Å²) in [6.45, 7) is 8.32. The van der Waals surface area contributed by atoms with Gasteiger partial charge in [-0.15, -0.1) is 11.3 Å². The molecule has 1 aliphatic rings. The van der Waals surface area contributed by atoms with Crippen molar-refractivity contribution in [1.29, 1.82) is 0 Å². The number of para-hydroxylation sites is 1. The Balaban J connectivity index is 1.70. The fourth-order valence-corrected chi connectivity index (χ4v) is 4.41. The van der Waals surface area contributed by atoms with Crippen LogP contribution in [0.5, 0.6) is 0 Å². The Morgan fingerprint density at radius 1 is 1.31 bits per heavy atom. The van der Waals surface area contributed by atoms with Gasteiger partial charge in [0.1, 0.15) is 5.01 Å². The Morgan fingerprint density at radius 2 is 2.04 bits per heavy atom. The normalized spacial score (nSPS) is 19.5. The molecule has 1 aromatic carbocycles. The number of thiazole rings is 1. The topological polar surface area (TPSA) is 74.3 Å². The molecule has 140 valence electrons. The Bertz CT molecular complexity index is 778. The summed E-state index contributed by atoms with van der Waals surface area (Å²) >= 11 is 1.69. The molecule has 0 aliphatic carbocycles. The van der Waals surface area contributed by atoms with Crippen LogP contribution in [0.25, 0.3) is 10.2 Å². The molecule has 7 heteroatoms. The number of benzene rings is 1. The Labute approximate surface area is 158 Å². The first-order chi connectivity index (χ1) is 12.2. The second-order valence-electron chi connectivity index (χ2n) is 7.79. The SMILES string of the molecule is CC(C(=O)NC(=O)NC(C)(C)C)N1CCCC1c1nc2ccccc2s1. The molecule has 1 saturated heterocycles. The summed E-state index contributed by atoms with van der Waals surface area (Å²) in [4.78, 5) is 31.4. The number of amides is 3. The monoisotopic (exact) mass is 374 g/mol. The summed E-state index contributed by atoms with van der Waals surface area (Å²) in [5, 5.41) is 6.26. The molecular weight excluding hydrogens is 348 g/mol. The number of aromatic nitrogens is 1. The van der Waals surface area contributed by atoms with Gasteiger partial charge < -0.3 is 5.32 Å². The standard InChI is InChI=1S/C19H26N4O2S/c1-12(16(24)21-18(25)22-19(2,3)4)23-11-7-9-14(23)17-20-13-8-5-6-10-15(13)26-17/h5-6,8,10,12,14H,7,9,11H2,1-4H3,(H2,21,22,24,25). The predicted molar refractivity (Wildman–Crippen MR) is 104 cm³/mol. The van der Waals surface area contributed by atoms with E-state index in [1.54, 1.807) is 11.3 Å². The van der Waals surface area contributed by atoms with Gasteiger partial charge in [0.15, 0.2) is 0 Å². The number of hydrogen-bond donors (Lipinski definition) is 2. The van der Waals surface area contributed by atoms with Crippen LogP contribution in [0, 0.1) is 0 Å². The van der Waals surface area contributed by atoms with Crippen LogP contribution in [-0.2, 0) is 4.79 Å². The molecule has 0 bridgehead atoms. The van der Waals surface area contributed by atoms with E-state index in [1.807, 2.05) is 45.9 Å². The van der Waals surface area contributed by atoms with Crippen LogP contribution in [0.15, 0.2) is 24.3 Å². The lowest BCUT2D eigenvalue weighted by Gasteiger charge is -2.29. The summed E-state index contributed by atoms with van der Waals surface area (Å²) in [5.41, 5.74) is 0.617. The van der Waals surface area contributed by atoms with Crippen LogP contribution >= 0.6 is 11.3 Å². The van der Waals surface area contributed by atoms with Crippen molar-refractivity contribution >= 4 is 33.5 Å². The molecular formula is C19H26N4O2S. The number of carbonyl (C=O) groups is 2. The van der Waals surface area contributed by atoms with Gasteiger partial charge >= 0.3 is 6.03 Å². The highest BCUT2D eigenvalue weighted by molar-refractivity contribution is 7.18. The minimum Gasteiger partial charge on any atom is -0.333 e. The largest absolute Gasteiger partial charge is 0.333 e. The summed E-state index contributed by atoms with van der Waals surface area (Å²) in [6, 6.07) is 7.37. The average molecular weight is 375 g/mol. The van der Waals surface area contributed by atoms with Crippen molar-refractivity contribution in [3.8, 4) is 0 Å². The van der Waals surface area contributed by atoms with Crippen molar-refractivity contribution in [2.45, 2.75) is 58.2 Å². The third-order valence-corrected chi connectivity index (χ3v) is 5.63. The summed E-state index contributed by atoms with van der Waals surface area (Å²) in [7, 11) is 0. The third kappa shape index (κ3) is 4.22. The third-order valence-electron chi connectivity index (χ3n) is 4.49. The molecule has 0 spiro atoms. The maximum Gasteiger partial charge on any atom is 0.321 e. The average Bonchev–Trinajstić information content (AvgIpc) is 3.18. The van der Waals surface area contributed by atoms with Crippen molar-refractivity contribution in [2.75, 3.05) is 6.54 Å². The van der Waals surface area contributed by atoms with E-state index in [-0.39, 0.29) is 23.5 Å². The summed E-state index contributed by atoms with van der Waals surface area (Å²) in [6.07, 6.45) is 2.00. The van der Waals surface area contributed by atoms with Crippen molar-refractivity contribution in [2.24, 2.45) is 0 Å². The van der Waals surface area contributed by atoms with E-state index in [1.165, 1.54) is 0 Å². The minimum absolute atomic E-state index is 0.124. The lowest BCUT2D eigenvalue weighted by atomic mass is 10.1. The number of fused-ring (bicyclic) bond motifs is 1. The predicted octanol–water partition coefficient (Wildman–Crippen LogP) is 3.45. The Kier molecular flexibility index (Phi) is 5.29. The van der Waals surface area contributed by atoms with Gasteiger partial charge in [-0.1, -0.05) is 12.1 Å². The first kappa shape index (κ1) is 18.8. The molecule has 3 amide bonds. The van der Waals surface area contributed by atoms with E-state index in [4.69, 9.17) is 4.98 Å². The molecule has 1 fully saturated rings. The lowest BCUT2D eigenvalue weighted by molar-refractivity contribution is -0.125. The smallest absolute Gasteiger partial charge is 0.321 e. The number of rotatable bonds is 3. The number of carbonyl (C=O) groups excluding carboxylic acids is 2. The zero-order chi connectivity index (χ0) is 18.9. The first-order valence-electron chi connectivity index (χ1n) is 8.99. The molecule has 0 radical (unpaired) electrons. The van der Waals surface area contributed by atoms with E-state index in [9.17, 15) is 9.59 Å². The maximum absolute atomic E-state index is 12.5. The van der Waals surface area contributed by atoms with Gasteiger partial charge in [0, 0.05) is 5.54 Å². The molecule has 2 atom stereocenters. The van der Waals surface area contributed by atoms with E-state index < -0.39 is 6.03 Å². The van der Waals surface area contributed by atoms with Crippen LogP contribution < -0.4 is 10.6 Å². The molecule has 2 unspecified atom stereocenters. The van der Waals surface area contributed by atoms with Gasteiger partial charge in [-0.3, -0.25) is 15.0 Å². The number of nitrogens with zero attached hydrogens (tertiary/aromatic N) is 2. The van der Waals surface area contributed by atoms with Crippen LogP contribution in [0.2, 0.25) is 0 Å². The Hall–Kier alpha value is -1.99. The Morgan fingerprint density at radius 3 is 2.73 bits per heavy atom. The van der Waals surface area contributed by atoms with E-state index in [2.05, 4.69) is 21.6 Å². The van der Waals surface area contributed by atoms with Crippen molar-refractivity contribution in [1.82, 2.24) is 20.5 Å². The fourth-order valence-electron chi connectivity index (χ4n) is 3.29. The molecule has 1 aliphatic heterocycles. The first-order valence-corrected chi connectivity index (χ1v) is 9.80. The summed E-state index contributed by atoms with van der Waals surface area (Å²) < 4.78 is 1.16. The van der Waals surface area contributed by atoms with Gasteiger partial charge in [-0.2, -0.15) is 0 Å². The van der Waals surface area contributed by atoms with Gasteiger partial charge in [0.25, 0.3) is 0 Å². The van der Waals surface area contributed by atoms with Crippen molar-refractivity contribution < 1.29 is 9.59 Å². The highest BCUT2D eigenvalue weighted by atomic mass is 32.1. The molecule has 6 nitrogen and oxygen atoms in total. The van der Waals surface area contributed by atoms with Gasteiger partial charge in [-0.25, -0.2) is 9.78 Å². The maximum atomic E-state index is 12.5. The number of hydrogen-bond acceptors (Lipinski definition) is 5. The fraction of sp³-hybridized carbons (Fsp3) is 0.526. The lowest BCUT2D eigenvalue weighted by Crippen LogP contribution is -2.53. The molecule has 26 heavy (non-hydrogen) atoms. The second kappa shape index (κ2) is 7.32. The van der Waals surface area contributed by atoms with Gasteiger partial charge in [-0.05, 0) is 59.2 Å². The molecule has 1 aromatic heterocycles. The zero-order valence-electron chi connectivity index (χ0n) is 15.7. The van der Waals surface area contributed by atoms with Crippen LogP contribution in [-0.4, -0.2) is 39.9 Å².